The fourth-order valence-electron chi connectivity index (χ4n) is 2.68. The molecule has 0 aliphatic rings. The van der Waals surface area contributed by atoms with Crippen LogP contribution in [0.5, 0.6) is 0 Å². The van der Waals surface area contributed by atoms with E-state index in [1.807, 2.05) is 30.3 Å². The van der Waals surface area contributed by atoms with E-state index in [-0.39, 0.29) is 37.2 Å². The summed E-state index contributed by atoms with van der Waals surface area (Å²) in [5, 5.41) is 11.6. The summed E-state index contributed by atoms with van der Waals surface area (Å²) in [5.41, 5.74) is 1.60. The van der Waals surface area contributed by atoms with Crippen molar-refractivity contribution >= 4 is 11.8 Å². The molecule has 0 fully saturated rings. The second-order valence-electron chi connectivity index (χ2n) is 6.35. The van der Waals surface area contributed by atoms with Gasteiger partial charge in [0, 0.05) is 19.7 Å². The van der Waals surface area contributed by atoms with Crippen molar-refractivity contribution < 1.29 is 19.1 Å². The van der Waals surface area contributed by atoms with Gasteiger partial charge in [-0.3, -0.25) is 9.59 Å². The van der Waals surface area contributed by atoms with Crippen LogP contribution in [0.15, 0.2) is 54.6 Å². The number of carbonyl (C=O) groups is 2. The van der Waals surface area contributed by atoms with E-state index in [0.717, 1.165) is 11.1 Å². The minimum atomic E-state index is -0.690. The van der Waals surface area contributed by atoms with Crippen molar-refractivity contribution in [1.82, 2.24) is 10.2 Å². The van der Waals surface area contributed by atoms with E-state index < -0.39 is 6.04 Å². The quantitative estimate of drug-likeness (QED) is 0.664. The minimum Gasteiger partial charge on any atom is -0.396 e. The highest BCUT2D eigenvalue weighted by Crippen LogP contribution is 2.13. The van der Waals surface area contributed by atoms with Crippen LogP contribution in [-0.4, -0.2) is 41.0 Å². The summed E-state index contributed by atoms with van der Waals surface area (Å²) >= 11 is 0. The molecule has 2 amide bonds. The molecule has 2 aromatic carbocycles. The maximum absolute atomic E-state index is 13.2. The van der Waals surface area contributed by atoms with E-state index in [1.54, 1.807) is 19.1 Å². The lowest BCUT2D eigenvalue weighted by atomic mass is 10.1. The Hall–Kier alpha value is -2.73. The summed E-state index contributed by atoms with van der Waals surface area (Å²) in [5.74, 6) is -0.821. The van der Waals surface area contributed by atoms with Crippen LogP contribution in [0.3, 0.4) is 0 Å². The number of aliphatic hydroxyl groups is 1. The van der Waals surface area contributed by atoms with Gasteiger partial charge in [0.2, 0.25) is 11.8 Å². The van der Waals surface area contributed by atoms with Gasteiger partial charge in [0.1, 0.15) is 11.9 Å². The largest absolute Gasteiger partial charge is 0.396 e. The van der Waals surface area contributed by atoms with E-state index in [1.165, 1.54) is 17.0 Å². The SMILES string of the molecule is C[C@@H](C(=O)NCCCO)N(Cc1ccc(F)cc1)C(=O)Cc1ccccc1. The summed E-state index contributed by atoms with van der Waals surface area (Å²) in [4.78, 5) is 26.8. The lowest BCUT2D eigenvalue weighted by molar-refractivity contribution is -0.140. The standard InChI is InChI=1S/C21H25FN2O3/c1-16(21(27)23-12-5-13-25)24(15-18-8-10-19(22)11-9-18)20(26)14-17-6-3-2-4-7-17/h2-4,6-11,16,25H,5,12-15H2,1H3,(H,23,27)/t16-/m0/s1. The van der Waals surface area contributed by atoms with Crippen molar-refractivity contribution in [3.63, 3.8) is 0 Å². The molecule has 0 unspecified atom stereocenters. The van der Waals surface area contributed by atoms with Crippen LogP contribution in [-0.2, 0) is 22.6 Å². The van der Waals surface area contributed by atoms with Crippen molar-refractivity contribution in [2.24, 2.45) is 0 Å². The molecule has 6 heteroatoms. The Morgan fingerprint density at radius 2 is 1.74 bits per heavy atom. The third-order valence-electron chi connectivity index (χ3n) is 4.27. The third-order valence-corrected chi connectivity index (χ3v) is 4.27. The molecule has 0 radical (unpaired) electrons. The average Bonchev–Trinajstić information content (AvgIpc) is 2.67. The fourth-order valence-corrected chi connectivity index (χ4v) is 2.68. The average molecular weight is 372 g/mol. The second-order valence-corrected chi connectivity index (χ2v) is 6.35. The van der Waals surface area contributed by atoms with Gasteiger partial charge in [0.05, 0.1) is 6.42 Å². The van der Waals surface area contributed by atoms with Crippen molar-refractivity contribution in [2.45, 2.75) is 32.4 Å². The number of nitrogens with one attached hydrogen (secondary N) is 1. The summed E-state index contributed by atoms with van der Waals surface area (Å²) in [6.45, 7) is 2.21. The maximum atomic E-state index is 13.2. The maximum Gasteiger partial charge on any atom is 0.242 e. The Bertz CT molecular complexity index is 735. The number of halogens is 1. The van der Waals surface area contributed by atoms with Gasteiger partial charge in [-0.1, -0.05) is 42.5 Å². The zero-order valence-corrected chi connectivity index (χ0v) is 15.4. The lowest BCUT2D eigenvalue weighted by Gasteiger charge is -2.29. The first-order valence-corrected chi connectivity index (χ1v) is 8.97. The topological polar surface area (TPSA) is 69.6 Å². The van der Waals surface area contributed by atoms with Gasteiger partial charge in [0.15, 0.2) is 0 Å². The molecule has 5 nitrogen and oxygen atoms in total. The molecule has 0 saturated heterocycles. The van der Waals surface area contributed by atoms with Gasteiger partial charge in [-0.25, -0.2) is 4.39 Å². The number of aliphatic hydroxyl groups excluding tert-OH is 1. The number of carbonyl (C=O) groups excluding carboxylic acids is 2. The van der Waals surface area contributed by atoms with E-state index >= 15 is 0 Å². The van der Waals surface area contributed by atoms with E-state index in [0.29, 0.717) is 13.0 Å². The van der Waals surface area contributed by atoms with Crippen molar-refractivity contribution in [3.8, 4) is 0 Å². The van der Waals surface area contributed by atoms with Gasteiger partial charge in [-0.2, -0.15) is 0 Å². The molecule has 0 saturated carbocycles. The Labute approximate surface area is 158 Å². The van der Waals surface area contributed by atoms with E-state index in [2.05, 4.69) is 5.32 Å². The van der Waals surface area contributed by atoms with Gasteiger partial charge in [-0.15, -0.1) is 0 Å². The van der Waals surface area contributed by atoms with Gasteiger partial charge in [0.25, 0.3) is 0 Å². The molecule has 0 spiro atoms. The summed E-state index contributed by atoms with van der Waals surface area (Å²) in [6, 6.07) is 14.5. The first-order chi connectivity index (χ1) is 13.0. The lowest BCUT2D eigenvalue weighted by Crippen LogP contribution is -2.48. The molecule has 144 valence electrons. The number of benzene rings is 2. The van der Waals surface area contributed by atoms with Crippen LogP contribution in [0, 0.1) is 5.82 Å². The normalized spacial score (nSPS) is 11.7. The minimum absolute atomic E-state index is 0.0130. The van der Waals surface area contributed by atoms with Crippen LogP contribution in [0.4, 0.5) is 4.39 Å². The summed E-state index contributed by atoms with van der Waals surface area (Å²) in [6.07, 6.45) is 0.630. The molecule has 2 rings (SSSR count). The molecular formula is C21H25FN2O3. The number of rotatable bonds is 9. The predicted octanol–water partition coefficient (Wildman–Crippen LogP) is 2.28. The number of hydrogen-bond donors (Lipinski definition) is 2. The third kappa shape index (κ3) is 6.49. The highest BCUT2D eigenvalue weighted by Gasteiger charge is 2.26. The van der Waals surface area contributed by atoms with Crippen molar-refractivity contribution in [1.29, 1.82) is 0 Å². The molecule has 2 N–H and O–H groups in total. The Morgan fingerprint density at radius 3 is 2.37 bits per heavy atom. The molecule has 0 aliphatic carbocycles. The molecule has 0 heterocycles. The molecular weight excluding hydrogens is 347 g/mol. The van der Waals surface area contributed by atoms with E-state index in [9.17, 15) is 14.0 Å². The Balaban J connectivity index is 2.14. The molecule has 0 aliphatic heterocycles. The molecule has 0 aromatic heterocycles. The zero-order chi connectivity index (χ0) is 19.6. The fraction of sp³-hybridized carbons (Fsp3) is 0.333. The summed E-state index contributed by atoms with van der Waals surface area (Å²) in [7, 11) is 0. The zero-order valence-electron chi connectivity index (χ0n) is 15.4. The van der Waals surface area contributed by atoms with Crippen LogP contribution >= 0.6 is 0 Å². The van der Waals surface area contributed by atoms with Gasteiger partial charge in [-0.05, 0) is 36.6 Å². The second kappa shape index (κ2) is 10.4. The summed E-state index contributed by atoms with van der Waals surface area (Å²) < 4.78 is 13.2. The van der Waals surface area contributed by atoms with E-state index in [4.69, 9.17) is 5.11 Å². The molecule has 27 heavy (non-hydrogen) atoms. The Kier molecular flexibility index (Phi) is 7.95. The van der Waals surface area contributed by atoms with Crippen molar-refractivity contribution in [3.05, 3.63) is 71.5 Å². The highest BCUT2D eigenvalue weighted by atomic mass is 19.1. The first-order valence-electron chi connectivity index (χ1n) is 8.97. The van der Waals surface area contributed by atoms with Gasteiger partial charge < -0.3 is 15.3 Å². The van der Waals surface area contributed by atoms with Gasteiger partial charge >= 0.3 is 0 Å². The first kappa shape index (κ1) is 20.6. The van der Waals surface area contributed by atoms with Crippen LogP contribution in [0.2, 0.25) is 0 Å². The highest BCUT2D eigenvalue weighted by molar-refractivity contribution is 5.88. The monoisotopic (exact) mass is 372 g/mol. The van der Waals surface area contributed by atoms with Crippen LogP contribution in [0.25, 0.3) is 0 Å². The smallest absolute Gasteiger partial charge is 0.242 e. The number of nitrogens with zero attached hydrogens (tertiary/aromatic N) is 1. The number of amides is 2. The molecule has 1 atom stereocenters. The number of hydrogen-bond acceptors (Lipinski definition) is 3. The van der Waals surface area contributed by atoms with Crippen LogP contribution in [0.1, 0.15) is 24.5 Å². The Morgan fingerprint density at radius 1 is 1.07 bits per heavy atom. The predicted molar refractivity (Wildman–Crippen MR) is 101 cm³/mol. The molecule has 0 bridgehead atoms. The van der Waals surface area contributed by atoms with Crippen molar-refractivity contribution in [2.75, 3.05) is 13.2 Å². The van der Waals surface area contributed by atoms with Crippen LogP contribution < -0.4 is 5.32 Å². The molecule has 2 aromatic rings.